The minimum atomic E-state index is 0.288. The van der Waals surface area contributed by atoms with Crippen molar-refractivity contribution in [3.8, 4) is 0 Å². The second kappa shape index (κ2) is 6.68. The van der Waals surface area contributed by atoms with Gasteiger partial charge in [0.1, 0.15) is 0 Å². The van der Waals surface area contributed by atoms with Gasteiger partial charge in [-0.2, -0.15) is 0 Å². The number of aryl methyl sites for hydroxylation is 1. The molecular weight excluding hydrogens is 254 g/mol. The highest BCUT2D eigenvalue weighted by atomic mass is 32.2. The van der Waals surface area contributed by atoms with E-state index in [4.69, 9.17) is 0 Å². The molecule has 0 saturated carbocycles. The van der Waals surface area contributed by atoms with Gasteiger partial charge in [-0.25, -0.2) is 9.97 Å². The van der Waals surface area contributed by atoms with Gasteiger partial charge in [-0.1, -0.05) is 49.0 Å². The maximum atomic E-state index is 4.35. The number of rotatable bonds is 5. The van der Waals surface area contributed by atoms with E-state index in [0.717, 1.165) is 10.7 Å². The second-order valence-corrected chi connectivity index (χ2v) is 5.89. The topological polar surface area (TPSA) is 37.8 Å². The first-order chi connectivity index (χ1) is 9.20. The van der Waals surface area contributed by atoms with Gasteiger partial charge in [0.15, 0.2) is 5.16 Å². The summed E-state index contributed by atoms with van der Waals surface area (Å²) in [5, 5.41) is 4.56. The van der Waals surface area contributed by atoms with Crippen molar-refractivity contribution in [2.45, 2.75) is 30.3 Å². The van der Waals surface area contributed by atoms with Crippen LogP contribution in [0.2, 0.25) is 0 Å². The Labute approximate surface area is 118 Å². The van der Waals surface area contributed by atoms with Crippen LogP contribution in [-0.4, -0.2) is 22.3 Å². The van der Waals surface area contributed by atoms with Gasteiger partial charge in [0, 0.05) is 23.7 Å². The fourth-order valence-corrected chi connectivity index (χ4v) is 3.00. The van der Waals surface area contributed by atoms with Crippen LogP contribution in [0.5, 0.6) is 0 Å². The van der Waals surface area contributed by atoms with E-state index in [1.165, 1.54) is 5.56 Å². The van der Waals surface area contributed by atoms with E-state index < -0.39 is 0 Å². The van der Waals surface area contributed by atoms with Crippen LogP contribution >= 0.6 is 11.8 Å². The Morgan fingerprint density at radius 3 is 2.32 bits per heavy atom. The largest absolute Gasteiger partial charge is 0.312 e. The molecule has 2 aromatic rings. The van der Waals surface area contributed by atoms with Crippen LogP contribution in [-0.2, 0) is 0 Å². The summed E-state index contributed by atoms with van der Waals surface area (Å²) >= 11 is 1.70. The number of nitrogens with zero attached hydrogens (tertiary/aromatic N) is 2. The minimum absolute atomic E-state index is 0.288. The van der Waals surface area contributed by atoms with Gasteiger partial charge in [-0.3, -0.25) is 0 Å². The lowest BCUT2D eigenvalue weighted by Crippen LogP contribution is -2.25. The number of hydrogen-bond acceptors (Lipinski definition) is 4. The molecule has 1 aromatic carbocycles. The van der Waals surface area contributed by atoms with E-state index in [1.807, 2.05) is 32.4 Å². The van der Waals surface area contributed by atoms with Crippen molar-refractivity contribution in [3.05, 3.63) is 53.9 Å². The van der Waals surface area contributed by atoms with Gasteiger partial charge in [-0.15, -0.1) is 0 Å². The summed E-state index contributed by atoms with van der Waals surface area (Å²) in [6.45, 7) is 4.19. The van der Waals surface area contributed by atoms with Crippen LogP contribution in [0.4, 0.5) is 0 Å². The van der Waals surface area contributed by atoms with Gasteiger partial charge in [0.05, 0.1) is 0 Å². The molecule has 0 saturated heterocycles. The van der Waals surface area contributed by atoms with Gasteiger partial charge < -0.3 is 5.32 Å². The molecular formula is C15H19N3S. The van der Waals surface area contributed by atoms with E-state index >= 15 is 0 Å². The number of hydrogen-bond donors (Lipinski definition) is 1. The predicted molar refractivity (Wildman–Crippen MR) is 80.3 cm³/mol. The van der Waals surface area contributed by atoms with Crippen LogP contribution in [0.25, 0.3) is 0 Å². The van der Waals surface area contributed by atoms with Gasteiger partial charge >= 0.3 is 0 Å². The highest BCUT2D eigenvalue weighted by molar-refractivity contribution is 7.99. The molecule has 0 fully saturated rings. The highest BCUT2D eigenvalue weighted by Gasteiger charge is 2.19. The summed E-state index contributed by atoms with van der Waals surface area (Å²) < 4.78 is 0. The zero-order chi connectivity index (χ0) is 13.7. The number of thioether (sulfide) groups is 1. The maximum Gasteiger partial charge on any atom is 0.187 e. The SMILES string of the molecule is CNC(c1ccccc1)C(C)Sc1ncc(C)cn1. The summed E-state index contributed by atoms with van der Waals surface area (Å²) in [6, 6.07) is 10.8. The molecule has 1 heterocycles. The third kappa shape index (κ3) is 3.78. The average Bonchev–Trinajstić information content (AvgIpc) is 2.43. The monoisotopic (exact) mass is 273 g/mol. The smallest absolute Gasteiger partial charge is 0.187 e. The van der Waals surface area contributed by atoms with Crippen molar-refractivity contribution >= 4 is 11.8 Å². The molecule has 0 aliphatic rings. The van der Waals surface area contributed by atoms with E-state index in [-0.39, 0.29) is 6.04 Å². The molecule has 3 nitrogen and oxygen atoms in total. The van der Waals surface area contributed by atoms with Crippen LogP contribution in [0, 0.1) is 6.92 Å². The Balaban J connectivity index is 2.09. The quantitative estimate of drug-likeness (QED) is 0.670. The summed E-state index contributed by atoms with van der Waals surface area (Å²) in [6.07, 6.45) is 3.72. The third-order valence-corrected chi connectivity index (χ3v) is 4.05. The molecule has 0 spiro atoms. The Kier molecular flexibility index (Phi) is 4.93. The van der Waals surface area contributed by atoms with Crippen molar-refractivity contribution in [2.24, 2.45) is 0 Å². The Hall–Kier alpha value is -1.39. The molecule has 2 unspecified atom stereocenters. The fraction of sp³-hybridized carbons (Fsp3) is 0.333. The molecule has 4 heteroatoms. The summed E-state index contributed by atoms with van der Waals surface area (Å²) in [7, 11) is 1.99. The first kappa shape index (κ1) is 14.0. The molecule has 100 valence electrons. The van der Waals surface area contributed by atoms with Crippen molar-refractivity contribution in [1.82, 2.24) is 15.3 Å². The van der Waals surface area contributed by atoms with E-state index in [0.29, 0.717) is 5.25 Å². The first-order valence-electron chi connectivity index (χ1n) is 6.38. The van der Waals surface area contributed by atoms with Crippen LogP contribution in [0.15, 0.2) is 47.9 Å². The van der Waals surface area contributed by atoms with Crippen LogP contribution < -0.4 is 5.32 Å². The van der Waals surface area contributed by atoms with Crippen molar-refractivity contribution in [3.63, 3.8) is 0 Å². The summed E-state index contributed by atoms with van der Waals surface area (Å²) in [5.41, 5.74) is 2.38. The van der Waals surface area contributed by atoms with Gasteiger partial charge in [0.2, 0.25) is 0 Å². The third-order valence-electron chi connectivity index (χ3n) is 2.99. The molecule has 0 aliphatic carbocycles. The Morgan fingerprint density at radius 2 is 1.74 bits per heavy atom. The van der Waals surface area contributed by atoms with Gasteiger partial charge in [0.25, 0.3) is 0 Å². The lowest BCUT2D eigenvalue weighted by atomic mass is 10.0. The molecule has 0 aliphatic heterocycles. The highest BCUT2D eigenvalue weighted by Crippen LogP contribution is 2.29. The fourth-order valence-electron chi connectivity index (χ4n) is 2.01. The number of benzene rings is 1. The lowest BCUT2D eigenvalue weighted by Gasteiger charge is -2.22. The van der Waals surface area contributed by atoms with Crippen LogP contribution in [0.3, 0.4) is 0 Å². The Morgan fingerprint density at radius 1 is 1.11 bits per heavy atom. The number of aromatic nitrogens is 2. The Bertz CT molecular complexity index is 499. The van der Waals surface area contributed by atoms with E-state index in [2.05, 4.69) is 46.5 Å². The number of nitrogens with one attached hydrogen (secondary N) is 1. The molecule has 1 N–H and O–H groups in total. The predicted octanol–water partition coefficient (Wildman–Crippen LogP) is 3.23. The summed E-state index contributed by atoms with van der Waals surface area (Å²) in [5.74, 6) is 0. The average molecular weight is 273 g/mol. The standard InChI is InChI=1S/C15H19N3S/c1-11-9-17-15(18-10-11)19-12(2)14(16-3)13-7-5-4-6-8-13/h4-10,12,14,16H,1-3H3. The normalized spacial score (nSPS) is 14.1. The molecule has 19 heavy (non-hydrogen) atoms. The molecule has 2 rings (SSSR count). The van der Waals surface area contributed by atoms with E-state index in [1.54, 1.807) is 11.8 Å². The molecule has 2 atom stereocenters. The van der Waals surface area contributed by atoms with Crippen molar-refractivity contribution in [1.29, 1.82) is 0 Å². The lowest BCUT2D eigenvalue weighted by molar-refractivity contribution is 0.588. The minimum Gasteiger partial charge on any atom is -0.312 e. The van der Waals surface area contributed by atoms with Crippen molar-refractivity contribution < 1.29 is 0 Å². The molecule has 0 bridgehead atoms. The van der Waals surface area contributed by atoms with Crippen molar-refractivity contribution in [2.75, 3.05) is 7.05 Å². The van der Waals surface area contributed by atoms with Crippen LogP contribution in [0.1, 0.15) is 24.1 Å². The zero-order valence-corrected chi connectivity index (χ0v) is 12.3. The summed E-state index contributed by atoms with van der Waals surface area (Å²) in [4.78, 5) is 8.71. The second-order valence-electron chi connectivity index (χ2n) is 4.54. The van der Waals surface area contributed by atoms with E-state index in [9.17, 15) is 0 Å². The molecule has 1 aromatic heterocycles. The maximum absolute atomic E-state index is 4.35. The molecule has 0 radical (unpaired) electrons. The zero-order valence-electron chi connectivity index (χ0n) is 11.5. The molecule has 0 amide bonds. The first-order valence-corrected chi connectivity index (χ1v) is 7.26. The van der Waals surface area contributed by atoms with Gasteiger partial charge in [-0.05, 0) is 25.1 Å².